The average Bonchev–Trinajstić information content (AvgIpc) is 3.24. The van der Waals surface area contributed by atoms with Crippen LogP contribution in [0.15, 0.2) is 9.95 Å². The number of thiazole rings is 1. The Morgan fingerprint density at radius 1 is 1.32 bits per heavy atom. The van der Waals surface area contributed by atoms with Crippen LogP contribution in [0.3, 0.4) is 0 Å². The van der Waals surface area contributed by atoms with Crippen LogP contribution < -0.4 is 10.9 Å². The van der Waals surface area contributed by atoms with E-state index in [-0.39, 0.29) is 23.1 Å². The fraction of sp³-hybridized carbons (Fsp3) is 0.500. The second-order valence-electron chi connectivity index (χ2n) is 6.91. The van der Waals surface area contributed by atoms with Gasteiger partial charge < -0.3 is 15.0 Å². The summed E-state index contributed by atoms with van der Waals surface area (Å²) in [5, 5.41) is 3.46. The van der Waals surface area contributed by atoms with Gasteiger partial charge in [0, 0.05) is 5.56 Å². The quantitative estimate of drug-likeness (QED) is 0.400. The molecule has 2 aromatic heterocycles. The lowest BCUT2D eigenvalue weighted by Gasteiger charge is -2.05. The summed E-state index contributed by atoms with van der Waals surface area (Å²) in [6, 6.07) is 0. The van der Waals surface area contributed by atoms with E-state index in [0.29, 0.717) is 27.5 Å². The van der Waals surface area contributed by atoms with Crippen molar-refractivity contribution in [2.75, 3.05) is 17.7 Å². The maximum absolute atomic E-state index is 12.2. The molecule has 0 unspecified atom stereocenters. The molecule has 0 aliphatic heterocycles. The van der Waals surface area contributed by atoms with Crippen molar-refractivity contribution in [3.63, 3.8) is 0 Å². The Bertz CT molecular complexity index is 952. The van der Waals surface area contributed by atoms with Crippen LogP contribution in [0.1, 0.15) is 46.9 Å². The van der Waals surface area contributed by atoms with Gasteiger partial charge in [0.1, 0.15) is 4.88 Å². The van der Waals surface area contributed by atoms with Crippen LogP contribution in [-0.2, 0) is 22.4 Å². The second-order valence-corrected chi connectivity index (χ2v) is 8.88. The molecule has 2 N–H and O–H groups in total. The van der Waals surface area contributed by atoms with E-state index in [0.717, 1.165) is 53.6 Å². The molecule has 28 heavy (non-hydrogen) atoms. The number of fused-ring (bicyclic) bond motifs is 1. The Morgan fingerprint density at radius 3 is 2.86 bits per heavy atom. The van der Waals surface area contributed by atoms with E-state index in [2.05, 4.69) is 20.3 Å². The molecule has 1 aliphatic carbocycles. The smallest absolute Gasteiger partial charge is 0.350 e. The molecule has 2 aromatic rings. The Labute approximate surface area is 170 Å². The Morgan fingerprint density at radius 2 is 2.11 bits per heavy atom. The number of amides is 1. The molecule has 1 aliphatic rings. The third-order valence-corrected chi connectivity index (χ3v) is 5.96. The number of esters is 1. The lowest BCUT2D eigenvalue weighted by Crippen LogP contribution is -2.17. The van der Waals surface area contributed by atoms with Crippen LogP contribution in [0, 0.1) is 12.8 Å². The first-order valence-corrected chi connectivity index (χ1v) is 10.8. The summed E-state index contributed by atoms with van der Waals surface area (Å²) in [6.45, 7) is 5.95. The van der Waals surface area contributed by atoms with Crippen LogP contribution in [0.5, 0.6) is 0 Å². The monoisotopic (exact) mass is 422 g/mol. The number of aromatic amines is 1. The summed E-state index contributed by atoms with van der Waals surface area (Å²) in [4.78, 5) is 48.1. The third kappa shape index (κ3) is 4.99. The zero-order valence-electron chi connectivity index (χ0n) is 16.0. The van der Waals surface area contributed by atoms with Gasteiger partial charge in [-0.1, -0.05) is 36.9 Å². The van der Waals surface area contributed by atoms with Gasteiger partial charge in [-0.3, -0.25) is 9.59 Å². The van der Waals surface area contributed by atoms with Crippen molar-refractivity contribution in [3.05, 3.63) is 32.2 Å². The van der Waals surface area contributed by atoms with Crippen LogP contribution in [0.2, 0.25) is 0 Å². The number of H-pyrrole nitrogens is 1. The molecule has 3 rings (SSSR count). The molecule has 2 heterocycles. The van der Waals surface area contributed by atoms with Crippen LogP contribution >= 0.6 is 23.1 Å². The molecule has 0 saturated heterocycles. The molecule has 0 spiro atoms. The van der Waals surface area contributed by atoms with E-state index in [1.54, 1.807) is 6.92 Å². The van der Waals surface area contributed by atoms with Gasteiger partial charge in [-0.05, 0) is 32.1 Å². The van der Waals surface area contributed by atoms with Crippen molar-refractivity contribution in [1.82, 2.24) is 15.0 Å². The average molecular weight is 423 g/mol. The van der Waals surface area contributed by atoms with Crippen LogP contribution in [0.25, 0.3) is 0 Å². The molecule has 0 radical (unpaired) electrons. The lowest BCUT2D eigenvalue weighted by molar-refractivity contribution is -0.113. The largest absolute Gasteiger partial charge is 0.461 e. The summed E-state index contributed by atoms with van der Waals surface area (Å²) in [7, 11) is 0. The highest BCUT2D eigenvalue weighted by atomic mass is 32.2. The molecule has 0 aromatic carbocycles. The number of aromatic nitrogens is 3. The normalized spacial score (nSPS) is 12.9. The standard InChI is InChI=1S/C18H22N4O4S2/c1-9(2)7-26-16(25)14-10(3)19-18(28-14)21-13(23)8-27-17-20-12-6-4-5-11(12)15(24)22-17/h9H,4-8H2,1-3H3,(H,19,21,23)(H,20,22,24). The Balaban J connectivity index is 1.57. The molecule has 0 bridgehead atoms. The molecular formula is C18H22N4O4S2. The predicted molar refractivity (Wildman–Crippen MR) is 108 cm³/mol. The summed E-state index contributed by atoms with van der Waals surface area (Å²) in [5.74, 6) is -0.400. The number of anilines is 1. The number of thioether (sulfide) groups is 1. The number of rotatable bonds is 7. The Hall–Kier alpha value is -2.20. The highest BCUT2D eigenvalue weighted by molar-refractivity contribution is 7.99. The zero-order valence-corrected chi connectivity index (χ0v) is 17.6. The molecule has 0 fully saturated rings. The molecular weight excluding hydrogens is 400 g/mol. The van der Waals surface area contributed by atoms with Crippen molar-refractivity contribution in [1.29, 1.82) is 0 Å². The number of nitrogens with zero attached hydrogens (tertiary/aromatic N) is 2. The molecule has 8 nitrogen and oxygen atoms in total. The van der Waals surface area contributed by atoms with Gasteiger partial charge in [-0.2, -0.15) is 0 Å². The third-order valence-electron chi connectivity index (χ3n) is 4.04. The molecule has 0 saturated carbocycles. The highest BCUT2D eigenvalue weighted by Gasteiger charge is 2.20. The van der Waals surface area contributed by atoms with Crippen molar-refractivity contribution >= 4 is 40.1 Å². The van der Waals surface area contributed by atoms with Gasteiger partial charge in [0.2, 0.25) is 5.91 Å². The van der Waals surface area contributed by atoms with Crippen molar-refractivity contribution in [3.8, 4) is 0 Å². The van der Waals surface area contributed by atoms with Gasteiger partial charge in [0.25, 0.3) is 5.56 Å². The number of carbonyl (C=O) groups is 2. The highest BCUT2D eigenvalue weighted by Crippen LogP contribution is 2.24. The first-order valence-electron chi connectivity index (χ1n) is 9.02. The number of ether oxygens (including phenoxy) is 1. The van der Waals surface area contributed by atoms with Crippen LogP contribution in [-0.4, -0.2) is 39.2 Å². The van der Waals surface area contributed by atoms with E-state index < -0.39 is 5.97 Å². The number of hydrogen-bond acceptors (Lipinski definition) is 8. The van der Waals surface area contributed by atoms with Gasteiger partial charge >= 0.3 is 5.97 Å². The minimum absolute atomic E-state index is 0.0769. The SMILES string of the molecule is Cc1nc(NC(=O)CSc2nc3c(c(=O)[nH]2)CCC3)sc1C(=O)OCC(C)C. The molecule has 10 heteroatoms. The molecule has 150 valence electrons. The maximum Gasteiger partial charge on any atom is 0.350 e. The number of aryl methyl sites for hydroxylation is 2. The molecule has 0 atom stereocenters. The Kier molecular flexibility index (Phi) is 6.50. The van der Waals surface area contributed by atoms with E-state index in [1.807, 2.05) is 13.8 Å². The summed E-state index contributed by atoms with van der Waals surface area (Å²) >= 11 is 2.25. The van der Waals surface area contributed by atoms with Crippen LogP contribution in [0.4, 0.5) is 5.13 Å². The van der Waals surface area contributed by atoms with Crippen molar-refractivity contribution in [2.24, 2.45) is 5.92 Å². The zero-order chi connectivity index (χ0) is 20.3. The summed E-state index contributed by atoms with van der Waals surface area (Å²) < 4.78 is 5.21. The van der Waals surface area contributed by atoms with E-state index >= 15 is 0 Å². The van der Waals surface area contributed by atoms with Gasteiger partial charge in [0.05, 0.1) is 23.7 Å². The van der Waals surface area contributed by atoms with Gasteiger partial charge in [-0.15, -0.1) is 0 Å². The minimum Gasteiger partial charge on any atom is -0.461 e. The topological polar surface area (TPSA) is 114 Å². The minimum atomic E-state index is -0.432. The maximum atomic E-state index is 12.2. The lowest BCUT2D eigenvalue weighted by atomic mass is 10.2. The summed E-state index contributed by atoms with van der Waals surface area (Å²) in [6.07, 6.45) is 2.49. The first-order chi connectivity index (χ1) is 13.3. The van der Waals surface area contributed by atoms with Gasteiger partial charge in [0.15, 0.2) is 10.3 Å². The fourth-order valence-corrected chi connectivity index (χ4v) is 4.28. The van der Waals surface area contributed by atoms with E-state index in [4.69, 9.17) is 4.74 Å². The summed E-state index contributed by atoms with van der Waals surface area (Å²) in [5.41, 5.74) is 1.98. The first kappa shape index (κ1) is 20.5. The van der Waals surface area contributed by atoms with Crippen molar-refractivity contribution < 1.29 is 14.3 Å². The van der Waals surface area contributed by atoms with E-state index in [9.17, 15) is 14.4 Å². The number of hydrogen-bond donors (Lipinski definition) is 2. The van der Waals surface area contributed by atoms with Gasteiger partial charge in [-0.25, -0.2) is 14.8 Å². The number of carbonyl (C=O) groups excluding carboxylic acids is 2. The second kappa shape index (κ2) is 8.87. The van der Waals surface area contributed by atoms with Crippen molar-refractivity contribution in [2.45, 2.75) is 45.2 Å². The number of nitrogens with one attached hydrogen (secondary N) is 2. The fourth-order valence-electron chi connectivity index (χ4n) is 2.72. The molecule has 1 amide bonds. The predicted octanol–water partition coefficient (Wildman–Crippen LogP) is 2.57. The van der Waals surface area contributed by atoms with E-state index in [1.165, 1.54) is 0 Å².